The highest BCUT2D eigenvalue weighted by atomic mass is 127. The molecule has 1 aliphatic rings. The number of halogens is 1. The summed E-state index contributed by atoms with van der Waals surface area (Å²) in [4.78, 5) is 17.8. The first-order chi connectivity index (χ1) is 11.1. The number of nitrogens with two attached hydrogens (primary N) is 1. The van der Waals surface area contributed by atoms with Gasteiger partial charge in [0.1, 0.15) is 0 Å². The number of primary amides is 1. The van der Waals surface area contributed by atoms with Crippen LogP contribution >= 0.6 is 24.0 Å². The van der Waals surface area contributed by atoms with Crippen molar-refractivity contribution in [3.63, 3.8) is 0 Å². The Kier molecular flexibility index (Phi) is 9.10. The monoisotopic (exact) mass is 444 g/mol. The van der Waals surface area contributed by atoms with Crippen LogP contribution in [0.2, 0.25) is 0 Å². The number of likely N-dealkylation sites (tertiary alicyclic amines) is 1. The fourth-order valence-electron chi connectivity index (χ4n) is 3.11. The van der Waals surface area contributed by atoms with E-state index >= 15 is 0 Å². The van der Waals surface area contributed by atoms with Crippen LogP contribution in [0.15, 0.2) is 29.3 Å². The molecular weight excluding hydrogens is 415 g/mol. The summed E-state index contributed by atoms with van der Waals surface area (Å²) in [7, 11) is 1.81. The van der Waals surface area contributed by atoms with Crippen LogP contribution in [0, 0.1) is 12.8 Å². The largest absolute Gasteiger partial charge is 0.370 e. The second-order valence-electron chi connectivity index (χ2n) is 6.33. The van der Waals surface area contributed by atoms with Crippen molar-refractivity contribution in [3.8, 4) is 0 Å². The zero-order valence-corrected chi connectivity index (χ0v) is 17.0. The van der Waals surface area contributed by atoms with Gasteiger partial charge in [-0.2, -0.15) is 0 Å². The van der Waals surface area contributed by atoms with Crippen LogP contribution in [0.4, 0.5) is 0 Å². The molecule has 134 valence electrons. The van der Waals surface area contributed by atoms with Gasteiger partial charge in [-0.15, -0.1) is 24.0 Å². The SMILES string of the molecule is CN=C(NCCc1ccc(C)cc1)N1CCCC(CC(N)=O)C1.I. The smallest absolute Gasteiger partial charge is 0.217 e. The molecule has 1 saturated heterocycles. The first-order valence-electron chi connectivity index (χ1n) is 8.38. The van der Waals surface area contributed by atoms with Crippen LogP contribution in [-0.4, -0.2) is 43.4 Å². The van der Waals surface area contributed by atoms with E-state index in [4.69, 9.17) is 5.73 Å². The number of hydrogen-bond donors (Lipinski definition) is 2. The lowest BCUT2D eigenvalue weighted by Gasteiger charge is -2.34. The lowest BCUT2D eigenvalue weighted by molar-refractivity contribution is -0.119. The van der Waals surface area contributed by atoms with Gasteiger partial charge in [0, 0.05) is 33.1 Å². The highest BCUT2D eigenvalue weighted by molar-refractivity contribution is 14.0. The van der Waals surface area contributed by atoms with Crippen molar-refractivity contribution < 1.29 is 4.79 Å². The van der Waals surface area contributed by atoms with Crippen molar-refractivity contribution in [3.05, 3.63) is 35.4 Å². The van der Waals surface area contributed by atoms with Crippen LogP contribution in [0.5, 0.6) is 0 Å². The topological polar surface area (TPSA) is 70.7 Å². The molecule has 1 amide bonds. The number of carbonyl (C=O) groups excluding carboxylic acids is 1. The van der Waals surface area contributed by atoms with E-state index < -0.39 is 0 Å². The van der Waals surface area contributed by atoms with Gasteiger partial charge in [0.05, 0.1) is 0 Å². The Morgan fingerprint density at radius 3 is 2.71 bits per heavy atom. The number of benzene rings is 1. The first-order valence-corrected chi connectivity index (χ1v) is 8.38. The lowest BCUT2D eigenvalue weighted by Crippen LogP contribution is -2.47. The van der Waals surface area contributed by atoms with E-state index in [1.165, 1.54) is 11.1 Å². The third-order valence-corrected chi connectivity index (χ3v) is 4.34. The average Bonchev–Trinajstić information content (AvgIpc) is 2.53. The van der Waals surface area contributed by atoms with E-state index in [2.05, 4.69) is 46.4 Å². The van der Waals surface area contributed by atoms with Gasteiger partial charge in [-0.1, -0.05) is 29.8 Å². The molecule has 0 saturated carbocycles. The molecule has 1 heterocycles. The predicted octanol–water partition coefficient (Wildman–Crippen LogP) is 2.32. The summed E-state index contributed by atoms with van der Waals surface area (Å²) in [5.74, 6) is 1.06. The number of nitrogens with zero attached hydrogens (tertiary/aromatic N) is 2. The van der Waals surface area contributed by atoms with Crippen LogP contribution < -0.4 is 11.1 Å². The minimum absolute atomic E-state index is 0. The first kappa shape index (κ1) is 20.7. The zero-order valence-electron chi connectivity index (χ0n) is 14.6. The third kappa shape index (κ3) is 6.67. The van der Waals surface area contributed by atoms with Crippen LogP contribution in [0.25, 0.3) is 0 Å². The molecular formula is C18H29IN4O. The molecule has 5 nitrogen and oxygen atoms in total. The minimum atomic E-state index is -0.209. The molecule has 1 fully saturated rings. The summed E-state index contributed by atoms with van der Waals surface area (Å²) in [5, 5.41) is 3.44. The summed E-state index contributed by atoms with van der Waals surface area (Å²) in [5.41, 5.74) is 7.94. The van der Waals surface area contributed by atoms with Crippen LogP contribution in [0.1, 0.15) is 30.4 Å². The molecule has 0 aromatic heterocycles. The molecule has 0 radical (unpaired) electrons. The summed E-state index contributed by atoms with van der Waals surface area (Å²) >= 11 is 0. The highest BCUT2D eigenvalue weighted by Gasteiger charge is 2.23. The average molecular weight is 444 g/mol. The Hall–Kier alpha value is -1.31. The number of aryl methyl sites for hydroxylation is 1. The summed E-state index contributed by atoms with van der Waals surface area (Å²) in [6.45, 7) is 4.79. The zero-order chi connectivity index (χ0) is 16.7. The number of guanidine groups is 1. The van der Waals surface area contributed by atoms with Crippen molar-refractivity contribution in [2.24, 2.45) is 16.6 Å². The number of nitrogens with one attached hydrogen (secondary N) is 1. The fourth-order valence-corrected chi connectivity index (χ4v) is 3.11. The number of rotatable bonds is 5. The maximum atomic E-state index is 11.1. The van der Waals surface area contributed by atoms with Crippen LogP contribution in [0.3, 0.4) is 0 Å². The maximum Gasteiger partial charge on any atom is 0.217 e. The number of amides is 1. The number of piperidine rings is 1. The number of hydrogen-bond acceptors (Lipinski definition) is 2. The molecule has 3 N–H and O–H groups in total. The number of aliphatic imine (C=N–C) groups is 1. The van der Waals surface area contributed by atoms with E-state index in [9.17, 15) is 4.79 Å². The highest BCUT2D eigenvalue weighted by Crippen LogP contribution is 2.19. The Morgan fingerprint density at radius 1 is 1.38 bits per heavy atom. The van der Waals surface area contributed by atoms with Crippen molar-refractivity contribution in [1.29, 1.82) is 0 Å². The Bertz CT molecular complexity index is 544. The molecule has 2 rings (SSSR count). The summed E-state index contributed by atoms with van der Waals surface area (Å²) in [6.07, 6.45) is 3.59. The van der Waals surface area contributed by atoms with Gasteiger partial charge in [0.15, 0.2) is 5.96 Å². The molecule has 1 atom stereocenters. The van der Waals surface area contributed by atoms with Gasteiger partial charge in [0.2, 0.25) is 5.91 Å². The molecule has 24 heavy (non-hydrogen) atoms. The van der Waals surface area contributed by atoms with Gasteiger partial charge in [0.25, 0.3) is 0 Å². The van der Waals surface area contributed by atoms with E-state index in [-0.39, 0.29) is 29.9 Å². The molecule has 6 heteroatoms. The standard InChI is InChI=1S/C18H28N4O.HI/c1-14-5-7-15(8-6-14)9-10-21-18(20-2)22-11-3-4-16(13-22)12-17(19)23;/h5-8,16H,3-4,9-13H2,1-2H3,(H2,19,23)(H,20,21);1H. The maximum absolute atomic E-state index is 11.1. The van der Waals surface area contributed by atoms with E-state index in [0.717, 1.165) is 44.9 Å². The van der Waals surface area contributed by atoms with Gasteiger partial charge in [-0.05, 0) is 37.7 Å². The Labute approximate surface area is 162 Å². The van der Waals surface area contributed by atoms with Crippen molar-refractivity contribution in [1.82, 2.24) is 10.2 Å². The van der Waals surface area contributed by atoms with Gasteiger partial charge in [-0.3, -0.25) is 9.79 Å². The van der Waals surface area contributed by atoms with Crippen LogP contribution in [-0.2, 0) is 11.2 Å². The molecule has 0 bridgehead atoms. The summed E-state index contributed by atoms with van der Waals surface area (Å²) < 4.78 is 0. The molecule has 1 aromatic carbocycles. The van der Waals surface area contributed by atoms with E-state index in [1.54, 1.807) is 0 Å². The van der Waals surface area contributed by atoms with E-state index in [1.807, 2.05) is 7.05 Å². The summed E-state index contributed by atoms with van der Waals surface area (Å²) in [6, 6.07) is 8.62. The lowest BCUT2D eigenvalue weighted by atomic mass is 9.95. The second-order valence-corrected chi connectivity index (χ2v) is 6.33. The quantitative estimate of drug-likeness (QED) is 0.416. The molecule has 1 unspecified atom stereocenters. The second kappa shape index (κ2) is 10.5. The van der Waals surface area contributed by atoms with Gasteiger partial charge < -0.3 is 16.0 Å². The van der Waals surface area contributed by atoms with Crippen molar-refractivity contribution in [2.75, 3.05) is 26.7 Å². The molecule has 0 spiro atoms. The fraction of sp³-hybridized carbons (Fsp3) is 0.556. The number of carbonyl (C=O) groups is 1. The minimum Gasteiger partial charge on any atom is -0.370 e. The molecule has 0 aliphatic carbocycles. The van der Waals surface area contributed by atoms with Crippen molar-refractivity contribution >= 4 is 35.8 Å². The normalized spacial score (nSPS) is 18.0. The molecule has 1 aromatic rings. The Balaban J connectivity index is 0.00000288. The molecule has 1 aliphatic heterocycles. The third-order valence-electron chi connectivity index (χ3n) is 4.34. The van der Waals surface area contributed by atoms with Gasteiger partial charge in [-0.25, -0.2) is 0 Å². The predicted molar refractivity (Wildman–Crippen MR) is 110 cm³/mol. The van der Waals surface area contributed by atoms with E-state index in [0.29, 0.717) is 12.3 Å². The van der Waals surface area contributed by atoms with Crippen molar-refractivity contribution in [2.45, 2.75) is 32.6 Å². The van der Waals surface area contributed by atoms with Gasteiger partial charge >= 0.3 is 0 Å². The Morgan fingerprint density at radius 2 is 2.08 bits per heavy atom.